The molecule has 108 valence electrons. The van der Waals surface area contributed by atoms with E-state index >= 15 is 0 Å². The van der Waals surface area contributed by atoms with Crippen molar-refractivity contribution < 1.29 is 0 Å². The SMILES string of the molecule is Clc1ccc(-c2csc(-c3nc4ccc(Cl)cc4s3)n2)cc1. The van der Waals surface area contributed by atoms with Gasteiger partial charge in [0.15, 0.2) is 10.0 Å². The number of thiazole rings is 2. The van der Waals surface area contributed by atoms with Gasteiger partial charge in [-0.25, -0.2) is 9.97 Å². The minimum absolute atomic E-state index is 0.724. The molecule has 0 N–H and O–H groups in total. The third-order valence-corrected chi connectivity index (χ3v) is 5.67. The van der Waals surface area contributed by atoms with Crippen molar-refractivity contribution in [2.45, 2.75) is 0 Å². The molecule has 0 saturated carbocycles. The quantitative estimate of drug-likeness (QED) is 0.412. The molecule has 0 amide bonds. The van der Waals surface area contributed by atoms with E-state index in [0.717, 1.165) is 41.5 Å². The molecule has 0 saturated heterocycles. The first-order valence-corrected chi connectivity index (χ1v) is 8.92. The largest absolute Gasteiger partial charge is 0.233 e. The summed E-state index contributed by atoms with van der Waals surface area (Å²) >= 11 is 15.1. The molecule has 2 nitrogen and oxygen atoms in total. The first-order valence-electron chi connectivity index (χ1n) is 6.47. The second-order valence-corrected chi connectivity index (χ2v) is 7.44. The van der Waals surface area contributed by atoms with Gasteiger partial charge in [0.2, 0.25) is 0 Å². The molecule has 0 atom stereocenters. The van der Waals surface area contributed by atoms with Crippen molar-refractivity contribution in [3.8, 4) is 21.3 Å². The van der Waals surface area contributed by atoms with Crippen LogP contribution in [0.3, 0.4) is 0 Å². The Balaban J connectivity index is 1.74. The van der Waals surface area contributed by atoms with Crippen LogP contribution in [-0.4, -0.2) is 9.97 Å². The highest BCUT2D eigenvalue weighted by Crippen LogP contribution is 2.35. The average Bonchev–Trinajstić information content (AvgIpc) is 3.13. The molecule has 2 aromatic heterocycles. The summed E-state index contributed by atoms with van der Waals surface area (Å²) in [5.74, 6) is 0. The Labute approximate surface area is 145 Å². The van der Waals surface area contributed by atoms with E-state index in [-0.39, 0.29) is 0 Å². The van der Waals surface area contributed by atoms with Gasteiger partial charge >= 0.3 is 0 Å². The number of rotatable bonds is 2. The highest BCUT2D eigenvalue weighted by molar-refractivity contribution is 7.25. The number of hydrogen-bond donors (Lipinski definition) is 0. The van der Waals surface area contributed by atoms with Crippen LogP contribution < -0.4 is 0 Å². The van der Waals surface area contributed by atoms with Crippen molar-refractivity contribution in [2.75, 3.05) is 0 Å². The van der Waals surface area contributed by atoms with Crippen molar-refractivity contribution in [3.05, 3.63) is 57.9 Å². The van der Waals surface area contributed by atoms with Crippen LogP contribution in [0.4, 0.5) is 0 Å². The average molecular weight is 363 g/mol. The van der Waals surface area contributed by atoms with Crippen molar-refractivity contribution in [3.63, 3.8) is 0 Å². The Morgan fingerprint density at radius 3 is 2.41 bits per heavy atom. The summed E-state index contributed by atoms with van der Waals surface area (Å²) in [7, 11) is 0. The zero-order valence-electron chi connectivity index (χ0n) is 11.1. The van der Waals surface area contributed by atoms with Gasteiger partial charge in [0.1, 0.15) is 0 Å². The number of fused-ring (bicyclic) bond motifs is 1. The Morgan fingerprint density at radius 1 is 0.818 bits per heavy atom. The lowest BCUT2D eigenvalue weighted by Gasteiger charge is -1.95. The predicted molar refractivity (Wildman–Crippen MR) is 96.2 cm³/mol. The van der Waals surface area contributed by atoms with E-state index in [0.29, 0.717) is 0 Å². The van der Waals surface area contributed by atoms with Crippen molar-refractivity contribution in [1.29, 1.82) is 0 Å². The standard InChI is InChI=1S/C16H8Cl2N2S2/c17-10-3-1-9(2-4-10)13-8-21-15(20-13)16-19-12-6-5-11(18)7-14(12)22-16/h1-8H. The molecule has 22 heavy (non-hydrogen) atoms. The molecule has 0 radical (unpaired) electrons. The molecule has 0 aliphatic carbocycles. The summed E-state index contributed by atoms with van der Waals surface area (Å²) in [6.45, 7) is 0. The highest BCUT2D eigenvalue weighted by Gasteiger charge is 2.11. The summed E-state index contributed by atoms with van der Waals surface area (Å²) in [6, 6.07) is 13.4. The Kier molecular flexibility index (Phi) is 3.62. The van der Waals surface area contributed by atoms with E-state index in [1.165, 1.54) is 0 Å². The number of nitrogens with zero attached hydrogens (tertiary/aromatic N) is 2. The maximum atomic E-state index is 6.03. The van der Waals surface area contributed by atoms with E-state index < -0.39 is 0 Å². The van der Waals surface area contributed by atoms with Gasteiger partial charge in [-0.05, 0) is 30.3 Å². The zero-order valence-corrected chi connectivity index (χ0v) is 14.2. The summed E-state index contributed by atoms with van der Waals surface area (Å²) < 4.78 is 1.07. The van der Waals surface area contributed by atoms with Gasteiger partial charge in [0.25, 0.3) is 0 Å². The Morgan fingerprint density at radius 2 is 1.59 bits per heavy atom. The smallest absolute Gasteiger partial charge is 0.153 e. The molecule has 0 unspecified atom stereocenters. The van der Waals surface area contributed by atoms with Crippen LogP contribution in [0.1, 0.15) is 0 Å². The molecule has 2 heterocycles. The van der Waals surface area contributed by atoms with Crippen molar-refractivity contribution >= 4 is 56.1 Å². The summed E-state index contributed by atoms with van der Waals surface area (Å²) in [5, 5.41) is 5.33. The van der Waals surface area contributed by atoms with E-state index in [1.54, 1.807) is 22.7 Å². The lowest BCUT2D eigenvalue weighted by atomic mass is 10.2. The summed E-state index contributed by atoms with van der Waals surface area (Å²) in [6.07, 6.45) is 0. The van der Waals surface area contributed by atoms with Gasteiger partial charge in [-0.15, -0.1) is 22.7 Å². The van der Waals surface area contributed by atoms with Crippen LogP contribution in [0, 0.1) is 0 Å². The monoisotopic (exact) mass is 362 g/mol. The minimum atomic E-state index is 0.724. The topological polar surface area (TPSA) is 25.8 Å². The maximum absolute atomic E-state index is 6.03. The van der Waals surface area contributed by atoms with Crippen molar-refractivity contribution in [1.82, 2.24) is 9.97 Å². The lowest BCUT2D eigenvalue weighted by Crippen LogP contribution is -1.78. The van der Waals surface area contributed by atoms with Crippen LogP contribution in [0.25, 0.3) is 31.5 Å². The van der Waals surface area contributed by atoms with E-state index in [1.807, 2.05) is 47.8 Å². The fraction of sp³-hybridized carbons (Fsp3) is 0. The van der Waals surface area contributed by atoms with E-state index in [4.69, 9.17) is 23.2 Å². The molecule has 2 aromatic carbocycles. The first-order chi connectivity index (χ1) is 10.7. The molecule has 6 heteroatoms. The second-order valence-electron chi connectivity index (χ2n) is 4.68. The zero-order chi connectivity index (χ0) is 15.1. The first kappa shape index (κ1) is 14.2. The molecular weight excluding hydrogens is 355 g/mol. The van der Waals surface area contributed by atoms with Crippen LogP contribution >= 0.6 is 45.9 Å². The maximum Gasteiger partial charge on any atom is 0.153 e. The predicted octanol–water partition coefficient (Wildman–Crippen LogP) is 6.39. The van der Waals surface area contributed by atoms with Crippen LogP contribution in [-0.2, 0) is 0 Å². The summed E-state index contributed by atoms with van der Waals surface area (Å²) in [4.78, 5) is 9.32. The molecule has 0 fully saturated rings. The molecule has 0 aliphatic heterocycles. The fourth-order valence-electron chi connectivity index (χ4n) is 2.12. The number of benzene rings is 2. The molecule has 4 aromatic rings. The van der Waals surface area contributed by atoms with Crippen LogP contribution in [0.2, 0.25) is 10.0 Å². The Bertz CT molecular complexity index is 958. The van der Waals surface area contributed by atoms with Gasteiger partial charge in [0.05, 0.1) is 15.9 Å². The molecular formula is C16H8Cl2N2S2. The third-order valence-electron chi connectivity index (χ3n) is 3.18. The van der Waals surface area contributed by atoms with Gasteiger partial charge in [-0.1, -0.05) is 35.3 Å². The number of aromatic nitrogens is 2. The van der Waals surface area contributed by atoms with E-state index in [2.05, 4.69) is 9.97 Å². The molecule has 0 bridgehead atoms. The van der Waals surface area contributed by atoms with Gasteiger partial charge in [-0.2, -0.15) is 0 Å². The molecule has 0 aliphatic rings. The van der Waals surface area contributed by atoms with Gasteiger partial charge in [-0.3, -0.25) is 0 Å². The third kappa shape index (κ3) is 2.63. The number of halogens is 2. The van der Waals surface area contributed by atoms with Gasteiger partial charge in [0, 0.05) is 21.0 Å². The fourth-order valence-corrected chi connectivity index (χ4v) is 4.35. The van der Waals surface area contributed by atoms with Crippen LogP contribution in [0.15, 0.2) is 47.8 Å². The second kappa shape index (κ2) is 5.63. The van der Waals surface area contributed by atoms with E-state index in [9.17, 15) is 0 Å². The number of hydrogen-bond acceptors (Lipinski definition) is 4. The lowest BCUT2D eigenvalue weighted by molar-refractivity contribution is 1.37. The highest BCUT2D eigenvalue weighted by atomic mass is 35.5. The molecule has 4 rings (SSSR count). The minimum Gasteiger partial charge on any atom is -0.233 e. The Hall–Kier alpha value is -1.46. The van der Waals surface area contributed by atoms with Crippen LogP contribution in [0.5, 0.6) is 0 Å². The normalized spacial score (nSPS) is 11.2. The van der Waals surface area contributed by atoms with Gasteiger partial charge < -0.3 is 0 Å². The molecule has 0 spiro atoms. The summed E-state index contributed by atoms with van der Waals surface area (Å²) in [5.41, 5.74) is 2.94. The van der Waals surface area contributed by atoms with Crippen molar-refractivity contribution in [2.24, 2.45) is 0 Å².